The molecule has 6 heteroatoms. The molecule has 1 aromatic heterocycles. The average molecular weight is 302 g/mol. The van der Waals surface area contributed by atoms with Gasteiger partial charge in [0.15, 0.2) is 0 Å². The number of benzene rings is 1. The van der Waals surface area contributed by atoms with Gasteiger partial charge in [0.1, 0.15) is 11.5 Å². The summed E-state index contributed by atoms with van der Waals surface area (Å²) in [5.41, 5.74) is 1.48. The Hall–Kier alpha value is -2.50. The van der Waals surface area contributed by atoms with Gasteiger partial charge in [-0.1, -0.05) is 6.92 Å². The molecule has 0 bridgehead atoms. The molecule has 1 amide bonds. The first kappa shape index (κ1) is 15.9. The first-order valence-corrected chi connectivity index (χ1v) is 7.17. The van der Waals surface area contributed by atoms with Gasteiger partial charge in [-0.05, 0) is 50.6 Å². The van der Waals surface area contributed by atoms with Crippen LogP contribution < -0.4 is 10.6 Å². The molecule has 5 nitrogen and oxygen atoms in total. The fraction of sp³-hybridized carbons (Fsp3) is 0.312. The van der Waals surface area contributed by atoms with E-state index in [0.29, 0.717) is 17.3 Å². The van der Waals surface area contributed by atoms with Gasteiger partial charge >= 0.3 is 0 Å². The SMILES string of the molecule is CCC(C)Nc1nc(C)cc(C(=O)Nc2ccc(F)cc2)n1. The standard InChI is InChI=1S/C16H19FN4O/c1-4-10(2)18-16-19-11(3)9-14(21-16)15(22)20-13-7-5-12(17)6-8-13/h5-10H,4H2,1-3H3,(H,20,22)(H,18,19,21). The molecular weight excluding hydrogens is 283 g/mol. The van der Waals surface area contributed by atoms with Crippen molar-refractivity contribution >= 4 is 17.5 Å². The van der Waals surface area contributed by atoms with Gasteiger partial charge in [-0.15, -0.1) is 0 Å². The molecule has 0 radical (unpaired) electrons. The molecule has 1 unspecified atom stereocenters. The van der Waals surface area contributed by atoms with E-state index in [-0.39, 0.29) is 23.5 Å². The normalized spacial score (nSPS) is 11.8. The van der Waals surface area contributed by atoms with Gasteiger partial charge in [0, 0.05) is 17.4 Å². The number of nitrogens with zero attached hydrogens (tertiary/aromatic N) is 2. The van der Waals surface area contributed by atoms with Gasteiger partial charge in [-0.2, -0.15) is 0 Å². The first-order chi connectivity index (χ1) is 10.5. The van der Waals surface area contributed by atoms with Gasteiger partial charge in [-0.25, -0.2) is 14.4 Å². The highest BCUT2D eigenvalue weighted by atomic mass is 19.1. The predicted molar refractivity (Wildman–Crippen MR) is 84.5 cm³/mol. The molecule has 0 aliphatic heterocycles. The van der Waals surface area contributed by atoms with Gasteiger partial charge in [0.2, 0.25) is 5.95 Å². The van der Waals surface area contributed by atoms with Crippen molar-refractivity contribution in [2.75, 3.05) is 10.6 Å². The minimum absolute atomic E-state index is 0.217. The second-order valence-electron chi connectivity index (χ2n) is 5.13. The number of carbonyl (C=O) groups excluding carboxylic acids is 1. The highest BCUT2D eigenvalue weighted by molar-refractivity contribution is 6.03. The Kier molecular flexibility index (Phi) is 5.04. The Morgan fingerprint density at radius 2 is 1.95 bits per heavy atom. The van der Waals surface area contributed by atoms with Crippen molar-refractivity contribution < 1.29 is 9.18 Å². The smallest absolute Gasteiger partial charge is 0.274 e. The summed E-state index contributed by atoms with van der Waals surface area (Å²) in [5.74, 6) is -0.279. The van der Waals surface area contributed by atoms with E-state index in [1.54, 1.807) is 13.0 Å². The van der Waals surface area contributed by atoms with E-state index >= 15 is 0 Å². The molecule has 0 spiro atoms. The third kappa shape index (κ3) is 4.25. The molecule has 0 saturated carbocycles. The Labute approximate surface area is 129 Å². The summed E-state index contributed by atoms with van der Waals surface area (Å²) in [6.07, 6.45) is 0.925. The molecule has 2 N–H and O–H groups in total. The molecule has 1 heterocycles. The number of amides is 1. The predicted octanol–water partition coefficient (Wildman–Crippen LogP) is 3.39. The molecule has 1 atom stereocenters. The summed E-state index contributed by atoms with van der Waals surface area (Å²) >= 11 is 0. The molecule has 0 saturated heterocycles. The van der Waals surface area contributed by atoms with E-state index in [9.17, 15) is 9.18 Å². The van der Waals surface area contributed by atoms with E-state index in [0.717, 1.165) is 6.42 Å². The lowest BCUT2D eigenvalue weighted by Crippen LogP contribution is -2.19. The van der Waals surface area contributed by atoms with Crippen molar-refractivity contribution in [1.29, 1.82) is 0 Å². The van der Waals surface area contributed by atoms with Crippen molar-refractivity contribution in [2.24, 2.45) is 0 Å². The highest BCUT2D eigenvalue weighted by Gasteiger charge is 2.12. The summed E-state index contributed by atoms with van der Waals surface area (Å²) in [7, 11) is 0. The fourth-order valence-electron chi connectivity index (χ4n) is 1.80. The third-order valence-electron chi connectivity index (χ3n) is 3.18. The molecule has 2 aromatic rings. The van der Waals surface area contributed by atoms with Crippen LogP contribution in [0.15, 0.2) is 30.3 Å². The summed E-state index contributed by atoms with van der Waals surface area (Å²) < 4.78 is 12.9. The molecule has 2 rings (SSSR count). The number of aryl methyl sites for hydroxylation is 1. The van der Waals surface area contributed by atoms with Crippen LogP contribution in [0.25, 0.3) is 0 Å². The maximum atomic E-state index is 12.9. The minimum Gasteiger partial charge on any atom is -0.352 e. The quantitative estimate of drug-likeness (QED) is 0.888. The van der Waals surface area contributed by atoms with E-state index < -0.39 is 0 Å². The molecule has 0 aliphatic rings. The second-order valence-corrected chi connectivity index (χ2v) is 5.13. The summed E-state index contributed by atoms with van der Waals surface area (Å²) in [4.78, 5) is 20.7. The van der Waals surface area contributed by atoms with Crippen molar-refractivity contribution in [2.45, 2.75) is 33.2 Å². The van der Waals surface area contributed by atoms with Crippen LogP contribution in [0.4, 0.5) is 16.0 Å². The number of aromatic nitrogens is 2. The molecule has 22 heavy (non-hydrogen) atoms. The van der Waals surface area contributed by atoms with Crippen LogP contribution in [-0.4, -0.2) is 21.9 Å². The van der Waals surface area contributed by atoms with E-state index in [4.69, 9.17) is 0 Å². The fourth-order valence-corrected chi connectivity index (χ4v) is 1.80. The maximum absolute atomic E-state index is 12.9. The number of hydrogen-bond acceptors (Lipinski definition) is 4. The van der Waals surface area contributed by atoms with E-state index in [1.807, 2.05) is 6.92 Å². The van der Waals surface area contributed by atoms with E-state index in [1.165, 1.54) is 24.3 Å². The first-order valence-electron chi connectivity index (χ1n) is 7.17. The van der Waals surface area contributed by atoms with Gasteiger partial charge in [0.25, 0.3) is 5.91 Å². The maximum Gasteiger partial charge on any atom is 0.274 e. The van der Waals surface area contributed by atoms with Crippen LogP contribution in [0.2, 0.25) is 0 Å². The number of hydrogen-bond donors (Lipinski definition) is 2. The van der Waals surface area contributed by atoms with Crippen LogP contribution in [0, 0.1) is 12.7 Å². The van der Waals surface area contributed by atoms with Crippen LogP contribution in [0.3, 0.4) is 0 Å². The Balaban J connectivity index is 2.16. The summed E-state index contributed by atoms with van der Waals surface area (Å²) in [6, 6.07) is 7.41. The Morgan fingerprint density at radius 3 is 2.59 bits per heavy atom. The summed E-state index contributed by atoms with van der Waals surface area (Å²) in [5, 5.41) is 5.83. The number of carbonyl (C=O) groups is 1. The minimum atomic E-state index is -0.357. The largest absolute Gasteiger partial charge is 0.352 e. The topological polar surface area (TPSA) is 66.9 Å². The van der Waals surface area contributed by atoms with Crippen molar-refractivity contribution in [3.63, 3.8) is 0 Å². The van der Waals surface area contributed by atoms with Gasteiger partial charge in [0.05, 0.1) is 0 Å². The van der Waals surface area contributed by atoms with Gasteiger partial charge in [-0.3, -0.25) is 4.79 Å². The monoisotopic (exact) mass is 302 g/mol. The third-order valence-corrected chi connectivity index (χ3v) is 3.18. The van der Waals surface area contributed by atoms with Crippen LogP contribution in [0.5, 0.6) is 0 Å². The van der Waals surface area contributed by atoms with Crippen LogP contribution in [-0.2, 0) is 0 Å². The Bertz CT molecular complexity index is 658. The van der Waals surface area contributed by atoms with Crippen molar-refractivity contribution in [3.8, 4) is 0 Å². The molecule has 0 fully saturated rings. The molecule has 116 valence electrons. The lowest BCUT2D eigenvalue weighted by atomic mass is 10.2. The molecule has 1 aromatic carbocycles. The highest BCUT2D eigenvalue weighted by Crippen LogP contribution is 2.12. The number of anilines is 2. The van der Waals surface area contributed by atoms with Crippen molar-refractivity contribution in [3.05, 3.63) is 47.5 Å². The Morgan fingerprint density at radius 1 is 1.27 bits per heavy atom. The zero-order chi connectivity index (χ0) is 16.1. The van der Waals surface area contributed by atoms with Crippen LogP contribution >= 0.6 is 0 Å². The second kappa shape index (κ2) is 6.98. The van der Waals surface area contributed by atoms with Crippen molar-refractivity contribution in [1.82, 2.24) is 9.97 Å². The number of rotatable bonds is 5. The van der Waals surface area contributed by atoms with E-state index in [2.05, 4.69) is 27.5 Å². The number of nitrogens with one attached hydrogen (secondary N) is 2. The molecule has 0 aliphatic carbocycles. The zero-order valence-electron chi connectivity index (χ0n) is 12.9. The lowest BCUT2D eigenvalue weighted by molar-refractivity contribution is 0.102. The summed E-state index contributed by atoms with van der Waals surface area (Å²) in [6.45, 7) is 5.87. The molecular formula is C16H19FN4O. The number of halogens is 1. The zero-order valence-corrected chi connectivity index (χ0v) is 12.9. The van der Waals surface area contributed by atoms with Crippen LogP contribution in [0.1, 0.15) is 36.5 Å². The van der Waals surface area contributed by atoms with Gasteiger partial charge < -0.3 is 10.6 Å². The average Bonchev–Trinajstić information content (AvgIpc) is 2.48. The lowest BCUT2D eigenvalue weighted by Gasteiger charge is -2.12.